The third-order valence-corrected chi connectivity index (χ3v) is 4.72. The van der Waals surface area contributed by atoms with Gasteiger partial charge in [0.15, 0.2) is 5.78 Å². The number of nitro benzene ring substituents is 1. The van der Waals surface area contributed by atoms with Crippen LogP contribution in [0.25, 0.3) is 6.08 Å². The van der Waals surface area contributed by atoms with Gasteiger partial charge < -0.3 is 5.11 Å². The molecule has 0 aliphatic rings. The van der Waals surface area contributed by atoms with Crippen LogP contribution in [0.15, 0.2) is 71.3 Å². The number of aliphatic hydroxyl groups excluding tert-OH is 1. The molecular formula is C20H18ClNO4S. The van der Waals surface area contributed by atoms with E-state index in [1.807, 2.05) is 30.3 Å². The van der Waals surface area contributed by atoms with Crippen LogP contribution >= 0.6 is 23.4 Å². The number of aliphatic hydroxyl groups is 1. The van der Waals surface area contributed by atoms with Gasteiger partial charge in [-0.3, -0.25) is 14.9 Å². The number of hydrogen-bond acceptors (Lipinski definition) is 5. The van der Waals surface area contributed by atoms with Gasteiger partial charge in [0.2, 0.25) is 0 Å². The van der Waals surface area contributed by atoms with Crippen molar-refractivity contribution in [1.29, 1.82) is 0 Å². The van der Waals surface area contributed by atoms with Crippen LogP contribution in [0.2, 0.25) is 0 Å². The van der Waals surface area contributed by atoms with Crippen molar-refractivity contribution in [2.24, 2.45) is 0 Å². The Morgan fingerprint density at radius 2 is 1.93 bits per heavy atom. The van der Waals surface area contributed by atoms with Crippen LogP contribution in [-0.4, -0.2) is 33.9 Å². The van der Waals surface area contributed by atoms with Gasteiger partial charge in [-0.2, -0.15) is 11.8 Å². The van der Waals surface area contributed by atoms with Crippen molar-refractivity contribution in [3.63, 3.8) is 0 Å². The first-order valence-corrected chi connectivity index (χ1v) is 9.65. The van der Waals surface area contributed by atoms with E-state index in [9.17, 15) is 14.9 Å². The predicted molar refractivity (Wildman–Crippen MR) is 110 cm³/mol. The lowest BCUT2D eigenvalue weighted by Crippen LogP contribution is -2.07. The zero-order valence-electron chi connectivity index (χ0n) is 14.4. The van der Waals surface area contributed by atoms with E-state index in [1.54, 1.807) is 12.2 Å². The molecule has 0 unspecified atom stereocenters. The highest BCUT2D eigenvalue weighted by Gasteiger charge is 2.16. The average Bonchev–Trinajstić information content (AvgIpc) is 2.67. The first kappa shape index (κ1) is 20.9. The lowest BCUT2D eigenvalue weighted by atomic mass is 10.0. The van der Waals surface area contributed by atoms with Crippen LogP contribution in [0, 0.1) is 10.1 Å². The van der Waals surface area contributed by atoms with E-state index in [0.29, 0.717) is 22.1 Å². The van der Waals surface area contributed by atoms with E-state index in [2.05, 4.69) is 0 Å². The number of non-ortho nitro benzene ring substituents is 1. The summed E-state index contributed by atoms with van der Waals surface area (Å²) in [6.45, 7) is -0.00344. The van der Waals surface area contributed by atoms with Crippen LogP contribution in [0.5, 0.6) is 0 Å². The number of ketones is 1. The topological polar surface area (TPSA) is 80.4 Å². The molecule has 0 spiro atoms. The van der Waals surface area contributed by atoms with Crippen molar-refractivity contribution in [2.45, 2.75) is 0 Å². The fourth-order valence-electron chi connectivity index (χ4n) is 2.28. The molecule has 2 aromatic carbocycles. The van der Waals surface area contributed by atoms with Crippen LogP contribution in [0.1, 0.15) is 15.9 Å². The Balaban J connectivity index is 2.32. The Hall–Kier alpha value is -2.41. The first-order chi connectivity index (χ1) is 13.0. The molecule has 0 amide bonds. The summed E-state index contributed by atoms with van der Waals surface area (Å²) in [6, 6.07) is 15.0. The summed E-state index contributed by atoms with van der Waals surface area (Å²) < 4.78 is 0. The molecule has 2 aromatic rings. The Morgan fingerprint density at radius 3 is 2.59 bits per heavy atom. The van der Waals surface area contributed by atoms with Crippen LogP contribution in [0.3, 0.4) is 0 Å². The third-order valence-electron chi connectivity index (χ3n) is 3.52. The lowest BCUT2D eigenvalue weighted by molar-refractivity contribution is -0.384. The SMILES string of the molecule is O=C(/C(=C\C(Cl)=Cc1ccccc1)CSCCO)c1cccc([N+](=O)[O-])c1. The monoisotopic (exact) mass is 403 g/mol. The Labute approximate surface area is 166 Å². The van der Waals surface area contributed by atoms with Gasteiger partial charge in [-0.05, 0) is 17.7 Å². The first-order valence-electron chi connectivity index (χ1n) is 8.12. The molecule has 5 nitrogen and oxygen atoms in total. The van der Waals surface area contributed by atoms with E-state index < -0.39 is 4.92 Å². The van der Waals surface area contributed by atoms with Gasteiger partial charge in [0.05, 0.1) is 11.5 Å². The van der Waals surface area contributed by atoms with Crippen LogP contribution < -0.4 is 0 Å². The smallest absolute Gasteiger partial charge is 0.270 e. The standard InChI is InChI=1S/C20H18ClNO4S/c21-18(11-15-5-2-1-3-6-15)12-17(14-27-10-9-23)20(24)16-7-4-8-19(13-16)22(25)26/h1-8,11-13,23H,9-10,14H2/b17-12-,18-11?. The van der Waals surface area contributed by atoms with E-state index in [1.165, 1.54) is 36.0 Å². The number of carbonyl (C=O) groups is 1. The molecule has 0 radical (unpaired) electrons. The van der Waals surface area contributed by atoms with Crippen molar-refractivity contribution in [3.05, 3.63) is 92.5 Å². The van der Waals surface area contributed by atoms with Gasteiger partial charge in [-0.25, -0.2) is 0 Å². The van der Waals surface area contributed by atoms with Gasteiger partial charge in [-0.1, -0.05) is 54.1 Å². The van der Waals surface area contributed by atoms with Crippen molar-refractivity contribution in [3.8, 4) is 0 Å². The quantitative estimate of drug-likeness (QED) is 0.164. The van der Waals surface area contributed by atoms with E-state index in [-0.39, 0.29) is 23.6 Å². The molecule has 140 valence electrons. The number of carbonyl (C=O) groups excluding carboxylic acids is 1. The minimum absolute atomic E-state index is 0.00344. The molecule has 0 heterocycles. The van der Waals surface area contributed by atoms with Gasteiger partial charge in [0.25, 0.3) is 5.69 Å². The summed E-state index contributed by atoms with van der Waals surface area (Å²) in [5.41, 5.74) is 1.38. The van der Waals surface area contributed by atoms with Gasteiger partial charge >= 0.3 is 0 Å². The fourth-order valence-corrected chi connectivity index (χ4v) is 3.25. The van der Waals surface area contributed by atoms with E-state index >= 15 is 0 Å². The predicted octanol–water partition coefficient (Wildman–Crippen LogP) is 4.71. The van der Waals surface area contributed by atoms with Gasteiger partial charge in [0.1, 0.15) is 0 Å². The molecule has 0 aliphatic heterocycles. The Morgan fingerprint density at radius 1 is 1.19 bits per heavy atom. The molecule has 0 fully saturated rings. The lowest BCUT2D eigenvalue weighted by Gasteiger charge is -2.07. The summed E-state index contributed by atoms with van der Waals surface area (Å²) in [5, 5.41) is 20.3. The molecule has 27 heavy (non-hydrogen) atoms. The summed E-state index contributed by atoms with van der Waals surface area (Å²) in [5.74, 6) is 0.476. The number of Topliss-reactive ketones (excluding diaryl/α,β-unsaturated/α-hetero) is 1. The number of halogens is 1. The second-order valence-corrected chi connectivity index (χ2v) is 7.06. The maximum atomic E-state index is 12.8. The molecule has 2 rings (SSSR count). The van der Waals surface area contributed by atoms with Crippen molar-refractivity contribution in [2.75, 3.05) is 18.1 Å². The normalized spacial score (nSPS) is 12.1. The number of rotatable bonds is 9. The molecule has 0 saturated carbocycles. The zero-order chi connectivity index (χ0) is 19.6. The number of allylic oxidation sites excluding steroid dienone is 2. The molecule has 1 N–H and O–H groups in total. The molecule has 0 aliphatic carbocycles. The summed E-state index contributed by atoms with van der Waals surface area (Å²) in [4.78, 5) is 23.3. The molecule has 7 heteroatoms. The highest BCUT2D eigenvalue weighted by Crippen LogP contribution is 2.21. The number of nitrogens with zero attached hydrogens (tertiary/aromatic N) is 1. The van der Waals surface area contributed by atoms with Crippen molar-refractivity contribution < 1.29 is 14.8 Å². The Bertz CT molecular complexity index is 865. The van der Waals surface area contributed by atoms with Gasteiger partial charge in [-0.15, -0.1) is 0 Å². The van der Waals surface area contributed by atoms with E-state index in [4.69, 9.17) is 16.7 Å². The minimum Gasteiger partial charge on any atom is -0.396 e. The van der Waals surface area contributed by atoms with Crippen molar-refractivity contribution >= 4 is 40.9 Å². The maximum Gasteiger partial charge on any atom is 0.270 e. The number of benzene rings is 2. The summed E-state index contributed by atoms with van der Waals surface area (Å²) >= 11 is 7.69. The highest BCUT2D eigenvalue weighted by molar-refractivity contribution is 7.99. The van der Waals surface area contributed by atoms with E-state index in [0.717, 1.165) is 5.56 Å². The Kier molecular flexibility index (Phi) is 8.26. The number of hydrogen-bond donors (Lipinski definition) is 1. The molecule has 0 atom stereocenters. The second-order valence-electron chi connectivity index (χ2n) is 5.52. The number of nitro groups is 1. The molecule has 0 bridgehead atoms. The maximum absolute atomic E-state index is 12.8. The van der Waals surface area contributed by atoms with Gasteiger partial charge in [0, 0.05) is 39.8 Å². The molecule has 0 saturated heterocycles. The second kappa shape index (κ2) is 10.7. The summed E-state index contributed by atoms with van der Waals surface area (Å²) in [6.07, 6.45) is 3.30. The van der Waals surface area contributed by atoms with Crippen LogP contribution in [-0.2, 0) is 0 Å². The summed E-state index contributed by atoms with van der Waals surface area (Å²) in [7, 11) is 0. The molecule has 0 aromatic heterocycles. The molecular weight excluding hydrogens is 386 g/mol. The minimum atomic E-state index is -0.539. The fraction of sp³-hybridized carbons (Fsp3) is 0.150. The highest BCUT2D eigenvalue weighted by atomic mass is 35.5. The van der Waals surface area contributed by atoms with Crippen molar-refractivity contribution in [1.82, 2.24) is 0 Å². The average molecular weight is 404 g/mol. The zero-order valence-corrected chi connectivity index (χ0v) is 15.9. The van der Waals surface area contributed by atoms with Crippen LogP contribution in [0.4, 0.5) is 5.69 Å². The number of thioether (sulfide) groups is 1. The third kappa shape index (κ3) is 6.67. The largest absolute Gasteiger partial charge is 0.396 e.